The van der Waals surface area contributed by atoms with Crippen molar-refractivity contribution in [3.05, 3.63) is 24.3 Å². The normalized spacial score (nSPS) is 20.2. The first kappa shape index (κ1) is 14.3. The summed E-state index contributed by atoms with van der Waals surface area (Å²) < 4.78 is 49.1. The molecule has 0 aliphatic carbocycles. The fourth-order valence-corrected chi connectivity index (χ4v) is 4.72. The molecule has 1 aliphatic rings. The van der Waals surface area contributed by atoms with Gasteiger partial charge in [-0.3, -0.25) is 0 Å². The zero-order chi connectivity index (χ0) is 14.1. The van der Waals surface area contributed by atoms with Crippen LogP contribution >= 0.6 is 0 Å². The lowest BCUT2D eigenvalue weighted by atomic mass is 10.2. The standard InChI is InChI=1S/C11H15NO5S2/c13-10-1-3-11(4-2-10)19(16,17)12-9-5-7-18(14,15)8-6-9/h1-4,9,12-13H,5-8H2. The Kier molecular flexibility index (Phi) is 3.84. The summed E-state index contributed by atoms with van der Waals surface area (Å²) in [5.41, 5.74) is 0. The summed E-state index contributed by atoms with van der Waals surface area (Å²) in [5.74, 6) is 0.00799. The zero-order valence-corrected chi connectivity index (χ0v) is 11.7. The molecule has 106 valence electrons. The highest BCUT2D eigenvalue weighted by Gasteiger charge is 2.27. The maximum Gasteiger partial charge on any atom is 0.240 e. The van der Waals surface area contributed by atoms with Crippen LogP contribution in [0.25, 0.3) is 0 Å². The highest BCUT2D eigenvalue weighted by Crippen LogP contribution is 2.18. The topological polar surface area (TPSA) is 101 Å². The largest absolute Gasteiger partial charge is 0.508 e. The van der Waals surface area contributed by atoms with Gasteiger partial charge in [-0.05, 0) is 37.1 Å². The van der Waals surface area contributed by atoms with Gasteiger partial charge in [0.2, 0.25) is 10.0 Å². The third kappa shape index (κ3) is 3.68. The molecule has 1 aliphatic heterocycles. The minimum atomic E-state index is -3.67. The molecule has 8 heteroatoms. The van der Waals surface area contributed by atoms with E-state index in [1.165, 1.54) is 24.3 Å². The van der Waals surface area contributed by atoms with Crippen LogP contribution in [0.1, 0.15) is 12.8 Å². The van der Waals surface area contributed by atoms with Gasteiger partial charge >= 0.3 is 0 Å². The van der Waals surface area contributed by atoms with E-state index in [9.17, 15) is 16.8 Å². The molecule has 2 N–H and O–H groups in total. The van der Waals surface area contributed by atoms with Gasteiger partial charge in [-0.1, -0.05) is 0 Å². The molecule has 1 fully saturated rings. The van der Waals surface area contributed by atoms with Crippen LogP contribution in [0.5, 0.6) is 5.75 Å². The van der Waals surface area contributed by atoms with Crippen LogP contribution in [0.2, 0.25) is 0 Å². The summed E-state index contributed by atoms with van der Waals surface area (Å²) in [6, 6.07) is 4.83. The molecule has 1 saturated heterocycles. The summed E-state index contributed by atoms with van der Waals surface area (Å²) in [5, 5.41) is 9.12. The van der Waals surface area contributed by atoms with E-state index in [1.54, 1.807) is 0 Å². The molecule has 0 atom stereocenters. The van der Waals surface area contributed by atoms with Crippen molar-refractivity contribution in [1.82, 2.24) is 4.72 Å². The van der Waals surface area contributed by atoms with Crippen molar-refractivity contribution in [2.45, 2.75) is 23.8 Å². The van der Waals surface area contributed by atoms with Crippen molar-refractivity contribution in [2.24, 2.45) is 0 Å². The number of benzene rings is 1. The molecule has 19 heavy (non-hydrogen) atoms. The van der Waals surface area contributed by atoms with Crippen LogP contribution in [0.15, 0.2) is 29.2 Å². The molecule has 0 unspecified atom stereocenters. The number of rotatable bonds is 3. The van der Waals surface area contributed by atoms with Crippen molar-refractivity contribution in [1.29, 1.82) is 0 Å². The van der Waals surface area contributed by atoms with Gasteiger partial charge in [0.25, 0.3) is 0 Å². The van der Waals surface area contributed by atoms with E-state index in [1.807, 2.05) is 0 Å². The van der Waals surface area contributed by atoms with Gasteiger partial charge in [0, 0.05) is 6.04 Å². The van der Waals surface area contributed by atoms with Crippen LogP contribution in [-0.4, -0.2) is 39.5 Å². The molecule has 6 nitrogen and oxygen atoms in total. The highest BCUT2D eigenvalue weighted by atomic mass is 32.2. The maximum absolute atomic E-state index is 12.0. The van der Waals surface area contributed by atoms with E-state index in [0.29, 0.717) is 12.8 Å². The lowest BCUT2D eigenvalue weighted by molar-refractivity contribution is 0.474. The fourth-order valence-electron chi connectivity index (χ4n) is 1.92. The molecule has 0 spiro atoms. The summed E-state index contributed by atoms with van der Waals surface area (Å²) in [6.07, 6.45) is 0.583. The van der Waals surface area contributed by atoms with Crippen molar-refractivity contribution in [3.8, 4) is 5.75 Å². The molecule has 0 amide bonds. The van der Waals surface area contributed by atoms with Crippen LogP contribution in [0, 0.1) is 0 Å². The van der Waals surface area contributed by atoms with Crippen molar-refractivity contribution in [2.75, 3.05) is 11.5 Å². The molecule has 0 bridgehead atoms. The minimum absolute atomic E-state index is 0.00969. The molecule has 0 saturated carbocycles. The average molecular weight is 305 g/mol. The van der Waals surface area contributed by atoms with Gasteiger partial charge < -0.3 is 5.11 Å². The van der Waals surface area contributed by atoms with Gasteiger partial charge in [-0.2, -0.15) is 0 Å². The number of nitrogens with one attached hydrogen (secondary N) is 1. The third-order valence-corrected chi connectivity index (χ3v) is 6.28. The number of hydrogen-bond acceptors (Lipinski definition) is 5. The van der Waals surface area contributed by atoms with Gasteiger partial charge in [-0.25, -0.2) is 21.6 Å². The fraction of sp³-hybridized carbons (Fsp3) is 0.455. The number of phenolic OH excluding ortho intramolecular Hbond substituents is 1. The summed E-state index contributed by atoms with van der Waals surface area (Å²) in [6.45, 7) is 0. The first-order chi connectivity index (χ1) is 8.78. The summed E-state index contributed by atoms with van der Waals surface area (Å²) >= 11 is 0. The number of sulfone groups is 1. The SMILES string of the molecule is O=S1(=O)CCC(NS(=O)(=O)c2ccc(O)cc2)CC1. The molecular formula is C11H15NO5S2. The van der Waals surface area contributed by atoms with Crippen molar-refractivity contribution >= 4 is 19.9 Å². The molecule has 1 aromatic carbocycles. The molecule has 0 radical (unpaired) electrons. The average Bonchev–Trinajstić information content (AvgIpc) is 2.32. The Morgan fingerprint density at radius 1 is 1.11 bits per heavy atom. The maximum atomic E-state index is 12.0. The first-order valence-electron chi connectivity index (χ1n) is 5.80. The second kappa shape index (κ2) is 5.10. The van der Waals surface area contributed by atoms with Crippen molar-refractivity contribution in [3.63, 3.8) is 0 Å². The second-order valence-electron chi connectivity index (χ2n) is 4.54. The van der Waals surface area contributed by atoms with Gasteiger partial charge in [0.1, 0.15) is 15.6 Å². The lowest BCUT2D eigenvalue weighted by Crippen LogP contribution is -2.40. The summed E-state index contributed by atoms with van der Waals surface area (Å²) in [7, 11) is -6.68. The van der Waals surface area contributed by atoms with E-state index >= 15 is 0 Å². The second-order valence-corrected chi connectivity index (χ2v) is 8.56. The van der Waals surface area contributed by atoms with E-state index in [-0.39, 0.29) is 28.2 Å². The predicted molar refractivity (Wildman–Crippen MR) is 70.1 cm³/mol. The van der Waals surface area contributed by atoms with Crippen LogP contribution in [0.3, 0.4) is 0 Å². The van der Waals surface area contributed by atoms with Gasteiger partial charge in [0.05, 0.1) is 16.4 Å². The zero-order valence-electron chi connectivity index (χ0n) is 10.1. The van der Waals surface area contributed by atoms with Crippen LogP contribution in [-0.2, 0) is 19.9 Å². The number of sulfonamides is 1. The van der Waals surface area contributed by atoms with Crippen LogP contribution in [0.4, 0.5) is 0 Å². The molecule has 0 aromatic heterocycles. The van der Waals surface area contributed by atoms with Crippen molar-refractivity contribution < 1.29 is 21.9 Å². The number of aromatic hydroxyl groups is 1. The number of hydrogen-bond donors (Lipinski definition) is 2. The minimum Gasteiger partial charge on any atom is -0.508 e. The Bertz CT molecular complexity index is 635. The van der Waals surface area contributed by atoms with E-state index in [4.69, 9.17) is 5.11 Å². The molecule has 1 aromatic rings. The summed E-state index contributed by atoms with van der Waals surface area (Å²) in [4.78, 5) is 0.0544. The Morgan fingerprint density at radius 3 is 2.16 bits per heavy atom. The smallest absolute Gasteiger partial charge is 0.240 e. The van der Waals surface area contributed by atoms with E-state index in [2.05, 4.69) is 4.72 Å². The Labute approximate surface area is 112 Å². The third-order valence-electron chi connectivity index (χ3n) is 3.02. The first-order valence-corrected chi connectivity index (χ1v) is 9.11. The monoisotopic (exact) mass is 305 g/mol. The van der Waals surface area contributed by atoms with Gasteiger partial charge in [0.15, 0.2) is 0 Å². The molecular weight excluding hydrogens is 290 g/mol. The lowest BCUT2D eigenvalue weighted by Gasteiger charge is -2.22. The van der Waals surface area contributed by atoms with E-state index < -0.39 is 19.9 Å². The number of phenols is 1. The molecule has 1 heterocycles. The quantitative estimate of drug-likeness (QED) is 0.833. The van der Waals surface area contributed by atoms with Gasteiger partial charge in [-0.15, -0.1) is 0 Å². The van der Waals surface area contributed by atoms with Crippen LogP contribution < -0.4 is 4.72 Å². The Hall–Kier alpha value is -1.12. The van der Waals surface area contributed by atoms with E-state index in [0.717, 1.165) is 0 Å². The Morgan fingerprint density at radius 2 is 1.63 bits per heavy atom. The molecule has 2 rings (SSSR count). The predicted octanol–water partition coefficient (Wildman–Crippen LogP) is 0.248. The highest BCUT2D eigenvalue weighted by molar-refractivity contribution is 7.91. The Balaban J connectivity index is 2.08.